The van der Waals surface area contributed by atoms with Crippen molar-refractivity contribution in [2.24, 2.45) is 5.73 Å². The average molecular weight is 257 g/mol. The fourth-order valence-corrected chi connectivity index (χ4v) is 2.45. The first-order valence-electron chi connectivity index (χ1n) is 7.02. The Hall–Kier alpha value is -1.61. The highest BCUT2D eigenvalue weighted by Crippen LogP contribution is 2.28. The van der Waals surface area contributed by atoms with E-state index in [0.29, 0.717) is 12.6 Å². The number of hydrogen-bond acceptors (Lipinski definition) is 3. The van der Waals surface area contributed by atoms with E-state index in [4.69, 9.17) is 5.73 Å². The number of aromatic nitrogens is 1. The van der Waals surface area contributed by atoms with Crippen molar-refractivity contribution in [3.63, 3.8) is 0 Å². The van der Waals surface area contributed by atoms with Crippen LogP contribution in [-0.4, -0.2) is 17.6 Å². The third-order valence-corrected chi connectivity index (χ3v) is 3.35. The molecule has 3 nitrogen and oxygen atoms in total. The molecule has 0 aliphatic carbocycles. The number of benzene rings is 1. The predicted molar refractivity (Wildman–Crippen MR) is 82.4 cm³/mol. The van der Waals surface area contributed by atoms with Gasteiger partial charge >= 0.3 is 0 Å². The maximum absolute atomic E-state index is 5.78. The smallest absolute Gasteiger partial charge is 0.0726 e. The van der Waals surface area contributed by atoms with E-state index in [2.05, 4.69) is 54.9 Å². The first-order valence-corrected chi connectivity index (χ1v) is 7.02. The van der Waals surface area contributed by atoms with Crippen molar-refractivity contribution in [1.29, 1.82) is 0 Å². The van der Waals surface area contributed by atoms with Crippen LogP contribution in [0.3, 0.4) is 0 Å². The molecule has 0 atom stereocenters. The van der Waals surface area contributed by atoms with Crippen LogP contribution in [0.5, 0.6) is 0 Å². The van der Waals surface area contributed by atoms with E-state index in [9.17, 15) is 0 Å². The Morgan fingerprint density at radius 3 is 2.63 bits per heavy atom. The molecule has 0 bridgehead atoms. The Morgan fingerprint density at radius 2 is 2.00 bits per heavy atom. The Kier molecular flexibility index (Phi) is 4.38. The minimum atomic E-state index is 0.469. The van der Waals surface area contributed by atoms with Crippen LogP contribution in [0.4, 0.5) is 5.69 Å². The van der Waals surface area contributed by atoms with Crippen LogP contribution in [0.15, 0.2) is 30.3 Å². The van der Waals surface area contributed by atoms with Gasteiger partial charge < -0.3 is 10.6 Å². The minimum absolute atomic E-state index is 0.469. The van der Waals surface area contributed by atoms with E-state index >= 15 is 0 Å². The standard InChI is InChI=1S/C16H23N3/c1-4-9-19(12(2)3)16-10-13(11-17)18-15-8-6-5-7-14(15)16/h5-8,10,12H,4,9,11,17H2,1-3H3. The molecule has 0 saturated carbocycles. The van der Waals surface area contributed by atoms with Gasteiger partial charge in [0.1, 0.15) is 0 Å². The fourth-order valence-electron chi connectivity index (χ4n) is 2.45. The van der Waals surface area contributed by atoms with E-state index in [0.717, 1.165) is 24.2 Å². The van der Waals surface area contributed by atoms with Gasteiger partial charge in [0, 0.05) is 30.2 Å². The molecule has 2 N–H and O–H groups in total. The lowest BCUT2D eigenvalue weighted by atomic mass is 10.1. The second-order valence-corrected chi connectivity index (χ2v) is 5.14. The summed E-state index contributed by atoms with van der Waals surface area (Å²) in [6, 6.07) is 10.9. The molecular formula is C16H23N3. The van der Waals surface area contributed by atoms with E-state index in [1.165, 1.54) is 11.1 Å². The number of nitrogens with zero attached hydrogens (tertiary/aromatic N) is 2. The average Bonchev–Trinajstić information content (AvgIpc) is 2.43. The molecule has 19 heavy (non-hydrogen) atoms. The molecule has 0 spiro atoms. The summed E-state index contributed by atoms with van der Waals surface area (Å²) >= 11 is 0. The van der Waals surface area contributed by atoms with Gasteiger partial charge in [-0.2, -0.15) is 0 Å². The zero-order valence-electron chi connectivity index (χ0n) is 12.1. The largest absolute Gasteiger partial charge is 0.369 e. The van der Waals surface area contributed by atoms with Gasteiger partial charge in [0.15, 0.2) is 0 Å². The fraction of sp³-hybridized carbons (Fsp3) is 0.438. The predicted octanol–water partition coefficient (Wildman–Crippen LogP) is 3.32. The molecule has 0 aliphatic rings. The van der Waals surface area contributed by atoms with E-state index < -0.39 is 0 Å². The van der Waals surface area contributed by atoms with E-state index in [1.54, 1.807) is 0 Å². The molecule has 3 heteroatoms. The van der Waals surface area contributed by atoms with Gasteiger partial charge in [0.05, 0.1) is 11.2 Å². The van der Waals surface area contributed by atoms with Crippen molar-refractivity contribution in [2.45, 2.75) is 39.8 Å². The molecule has 0 saturated heterocycles. The van der Waals surface area contributed by atoms with Crippen molar-refractivity contribution in [3.05, 3.63) is 36.0 Å². The quantitative estimate of drug-likeness (QED) is 0.893. The van der Waals surface area contributed by atoms with Crippen LogP contribution >= 0.6 is 0 Å². The summed E-state index contributed by atoms with van der Waals surface area (Å²) in [5, 5.41) is 1.21. The summed E-state index contributed by atoms with van der Waals surface area (Å²) < 4.78 is 0. The Morgan fingerprint density at radius 1 is 1.26 bits per heavy atom. The number of pyridine rings is 1. The SMILES string of the molecule is CCCN(c1cc(CN)nc2ccccc12)C(C)C. The molecule has 0 unspecified atom stereocenters. The Balaban J connectivity index is 2.61. The van der Waals surface area contributed by atoms with Crippen molar-refractivity contribution in [2.75, 3.05) is 11.4 Å². The number of para-hydroxylation sites is 1. The minimum Gasteiger partial charge on any atom is -0.369 e. The Labute approximate surface area is 115 Å². The number of anilines is 1. The van der Waals surface area contributed by atoms with Crippen LogP contribution in [0.25, 0.3) is 10.9 Å². The molecule has 0 radical (unpaired) electrons. The zero-order valence-corrected chi connectivity index (χ0v) is 12.1. The summed E-state index contributed by atoms with van der Waals surface area (Å²) in [5.74, 6) is 0. The second kappa shape index (κ2) is 6.02. The number of nitrogens with two attached hydrogens (primary N) is 1. The van der Waals surface area contributed by atoms with E-state index in [-0.39, 0.29) is 0 Å². The molecule has 0 amide bonds. The van der Waals surface area contributed by atoms with Crippen molar-refractivity contribution in [1.82, 2.24) is 4.98 Å². The van der Waals surface area contributed by atoms with E-state index in [1.807, 2.05) is 6.07 Å². The summed E-state index contributed by atoms with van der Waals surface area (Å²) in [6.07, 6.45) is 1.13. The van der Waals surface area contributed by atoms with Crippen LogP contribution in [0, 0.1) is 0 Å². The summed E-state index contributed by atoms with van der Waals surface area (Å²) in [7, 11) is 0. The first kappa shape index (κ1) is 13.8. The van der Waals surface area contributed by atoms with Gasteiger partial charge in [-0.25, -0.2) is 0 Å². The lowest BCUT2D eigenvalue weighted by Crippen LogP contribution is -2.31. The van der Waals surface area contributed by atoms with Crippen molar-refractivity contribution < 1.29 is 0 Å². The van der Waals surface area contributed by atoms with Gasteiger partial charge in [-0.3, -0.25) is 4.98 Å². The van der Waals surface area contributed by atoms with Gasteiger partial charge in [-0.15, -0.1) is 0 Å². The van der Waals surface area contributed by atoms with Crippen molar-refractivity contribution >= 4 is 16.6 Å². The van der Waals surface area contributed by atoms with Gasteiger partial charge in [0.25, 0.3) is 0 Å². The molecule has 2 rings (SSSR count). The highest BCUT2D eigenvalue weighted by molar-refractivity contribution is 5.92. The molecule has 0 fully saturated rings. The lowest BCUT2D eigenvalue weighted by Gasteiger charge is -2.30. The maximum atomic E-state index is 5.78. The molecule has 0 aliphatic heterocycles. The highest BCUT2D eigenvalue weighted by Gasteiger charge is 2.14. The van der Waals surface area contributed by atoms with Crippen LogP contribution in [0.1, 0.15) is 32.9 Å². The molecular weight excluding hydrogens is 234 g/mol. The molecule has 102 valence electrons. The first-order chi connectivity index (χ1) is 9.17. The van der Waals surface area contributed by atoms with Crippen LogP contribution in [0.2, 0.25) is 0 Å². The lowest BCUT2D eigenvalue weighted by molar-refractivity contribution is 0.672. The summed E-state index contributed by atoms with van der Waals surface area (Å²) in [4.78, 5) is 7.04. The molecule has 1 heterocycles. The number of hydrogen-bond donors (Lipinski definition) is 1. The second-order valence-electron chi connectivity index (χ2n) is 5.14. The van der Waals surface area contributed by atoms with Crippen LogP contribution < -0.4 is 10.6 Å². The molecule has 2 aromatic rings. The monoisotopic (exact) mass is 257 g/mol. The van der Waals surface area contributed by atoms with Crippen molar-refractivity contribution in [3.8, 4) is 0 Å². The zero-order chi connectivity index (χ0) is 13.8. The topological polar surface area (TPSA) is 42.1 Å². The number of rotatable bonds is 5. The third kappa shape index (κ3) is 2.87. The van der Waals surface area contributed by atoms with Gasteiger partial charge in [-0.1, -0.05) is 25.1 Å². The molecule has 1 aromatic carbocycles. The molecule has 1 aromatic heterocycles. The summed E-state index contributed by atoms with van der Waals surface area (Å²) in [6.45, 7) is 8.20. The normalized spacial score (nSPS) is 11.2. The highest BCUT2D eigenvalue weighted by atomic mass is 15.2. The van der Waals surface area contributed by atoms with Gasteiger partial charge in [-0.05, 0) is 32.4 Å². The summed E-state index contributed by atoms with van der Waals surface area (Å²) in [5.41, 5.74) is 9.02. The Bertz CT molecular complexity index is 549. The van der Waals surface area contributed by atoms with Gasteiger partial charge in [0.2, 0.25) is 0 Å². The van der Waals surface area contributed by atoms with Crippen LogP contribution in [-0.2, 0) is 6.54 Å². The third-order valence-electron chi connectivity index (χ3n) is 3.35. The number of fused-ring (bicyclic) bond motifs is 1. The maximum Gasteiger partial charge on any atom is 0.0726 e.